The highest BCUT2D eigenvalue weighted by atomic mass is 35.5. The van der Waals surface area contributed by atoms with Gasteiger partial charge < -0.3 is 11.1 Å². The van der Waals surface area contributed by atoms with Gasteiger partial charge in [0.05, 0.1) is 6.04 Å². The van der Waals surface area contributed by atoms with Gasteiger partial charge in [-0.2, -0.15) is 0 Å². The highest BCUT2D eigenvalue weighted by molar-refractivity contribution is 5.85. The number of halogens is 2. The van der Waals surface area contributed by atoms with Gasteiger partial charge in [0, 0.05) is 12.5 Å². The number of carbonyl (C=O) groups is 1. The Bertz CT molecular complexity index is 602. The molecule has 0 heterocycles. The van der Waals surface area contributed by atoms with Crippen LogP contribution in [0.1, 0.15) is 36.9 Å². The molecule has 2 atom stereocenters. The van der Waals surface area contributed by atoms with Crippen molar-refractivity contribution < 1.29 is 9.18 Å². The first-order valence-corrected chi connectivity index (χ1v) is 7.41. The van der Waals surface area contributed by atoms with Crippen LogP contribution >= 0.6 is 12.4 Å². The van der Waals surface area contributed by atoms with Crippen LogP contribution in [0.15, 0.2) is 54.6 Å². The Morgan fingerprint density at radius 2 is 1.65 bits per heavy atom. The normalized spacial score (nSPS) is 12.8. The molecule has 0 spiro atoms. The lowest BCUT2D eigenvalue weighted by Crippen LogP contribution is -2.30. The topological polar surface area (TPSA) is 55.1 Å². The van der Waals surface area contributed by atoms with E-state index in [2.05, 4.69) is 5.32 Å². The second-order valence-corrected chi connectivity index (χ2v) is 5.48. The van der Waals surface area contributed by atoms with E-state index < -0.39 is 0 Å². The zero-order valence-electron chi connectivity index (χ0n) is 13.0. The SMILES string of the molecule is CC(N)CCC(=O)NC(c1ccccc1)c1ccc(F)cc1.Cl. The van der Waals surface area contributed by atoms with Crippen molar-refractivity contribution in [2.75, 3.05) is 0 Å². The molecule has 5 heteroatoms. The Labute approximate surface area is 142 Å². The highest BCUT2D eigenvalue weighted by Gasteiger charge is 2.16. The number of benzene rings is 2. The molecule has 0 aliphatic heterocycles. The molecule has 0 saturated heterocycles. The maximum absolute atomic E-state index is 13.1. The van der Waals surface area contributed by atoms with E-state index in [1.807, 2.05) is 37.3 Å². The molecule has 0 radical (unpaired) electrons. The van der Waals surface area contributed by atoms with Gasteiger partial charge in [0.15, 0.2) is 0 Å². The fraction of sp³-hybridized carbons (Fsp3) is 0.278. The van der Waals surface area contributed by atoms with Gasteiger partial charge in [0.2, 0.25) is 5.91 Å². The third kappa shape index (κ3) is 6.00. The fourth-order valence-corrected chi connectivity index (χ4v) is 2.25. The molecular formula is C18H22ClFN2O. The van der Waals surface area contributed by atoms with Gasteiger partial charge in [-0.15, -0.1) is 12.4 Å². The molecule has 0 aliphatic rings. The molecule has 0 bridgehead atoms. The Balaban J connectivity index is 0.00000264. The van der Waals surface area contributed by atoms with Crippen LogP contribution in [0, 0.1) is 5.82 Å². The van der Waals surface area contributed by atoms with Crippen LogP contribution in [0.5, 0.6) is 0 Å². The monoisotopic (exact) mass is 336 g/mol. The molecule has 124 valence electrons. The van der Waals surface area contributed by atoms with Crippen molar-refractivity contribution in [3.8, 4) is 0 Å². The average Bonchev–Trinajstić information content (AvgIpc) is 2.52. The van der Waals surface area contributed by atoms with Crippen LogP contribution in [-0.2, 0) is 4.79 Å². The van der Waals surface area contributed by atoms with E-state index in [0.29, 0.717) is 12.8 Å². The van der Waals surface area contributed by atoms with Crippen molar-refractivity contribution in [1.29, 1.82) is 0 Å². The van der Waals surface area contributed by atoms with Gasteiger partial charge in [-0.25, -0.2) is 4.39 Å². The van der Waals surface area contributed by atoms with Gasteiger partial charge in [-0.1, -0.05) is 42.5 Å². The predicted molar refractivity (Wildman–Crippen MR) is 93.0 cm³/mol. The summed E-state index contributed by atoms with van der Waals surface area (Å²) in [7, 11) is 0. The van der Waals surface area contributed by atoms with E-state index in [1.165, 1.54) is 12.1 Å². The molecule has 2 aromatic carbocycles. The van der Waals surface area contributed by atoms with Crippen molar-refractivity contribution in [1.82, 2.24) is 5.32 Å². The zero-order chi connectivity index (χ0) is 15.9. The molecule has 0 saturated carbocycles. The van der Waals surface area contributed by atoms with Crippen LogP contribution in [0.25, 0.3) is 0 Å². The molecule has 1 amide bonds. The molecule has 2 aromatic rings. The van der Waals surface area contributed by atoms with Crippen LogP contribution < -0.4 is 11.1 Å². The molecular weight excluding hydrogens is 315 g/mol. The second kappa shape index (κ2) is 9.28. The first-order chi connectivity index (χ1) is 10.6. The van der Waals surface area contributed by atoms with Crippen molar-refractivity contribution in [2.24, 2.45) is 5.73 Å². The summed E-state index contributed by atoms with van der Waals surface area (Å²) in [6.45, 7) is 1.88. The van der Waals surface area contributed by atoms with Crippen molar-refractivity contribution >= 4 is 18.3 Å². The number of nitrogens with two attached hydrogens (primary N) is 1. The maximum atomic E-state index is 13.1. The third-order valence-corrected chi connectivity index (χ3v) is 3.47. The number of amides is 1. The van der Waals surface area contributed by atoms with Crippen molar-refractivity contribution in [2.45, 2.75) is 31.8 Å². The smallest absolute Gasteiger partial charge is 0.220 e. The molecule has 23 heavy (non-hydrogen) atoms. The van der Waals surface area contributed by atoms with Crippen LogP contribution in [-0.4, -0.2) is 11.9 Å². The minimum absolute atomic E-state index is 0. The summed E-state index contributed by atoms with van der Waals surface area (Å²) in [6, 6.07) is 15.5. The molecule has 2 rings (SSSR count). The summed E-state index contributed by atoms with van der Waals surface area (Å²) < 4.78 is 13.1. The first kappa shape index (κ1) is 19.1. The summed E-state index contributed by atoms with van der Waals surface area (Å²) in [6.07, 6.45) is 1.01. The molecule has 0 aromatic heterocycles. The predicted octanol–water partition coefficient (Wildman–Crippen LogP) is 3.58. The first-order valence-electron chi connectivity index (χ1n) is 7.41. The van der Waals surface area contributed by atoms with Crippen LogP contribution in [0.4, 0.5) is 4.39 Å². The number of rotatable bonds is 6. The Kier molecular flexibility index (Phi) is 7.72. The quantitative estimate of drug-likeness (QED) is 0.847. The highest BCUT2D eigenvalue weighted by Crippen LogP contribution is 2.22. The zero-order valence-corrected chi connectivity index (χ0v) is 13.9. The Morgan fingerprint density at radius 3 is 2.22 bits per heavy atom. The summed E-state index contributed by atoms with van der Waals surface area (Å²) in [5, 5.41) is 3.01. The summed E-state index contributed by atoms with van der Waals surface area (Å²) in [5.74, 6) is -0.352. The lowest BCUT2D eigenvalue weighted by atomic mass is 9.98. The number of carbonyl (C=O) groups excluding carboxylic acids is 1. The summed E-state index contributed by atoms with van der Waals surface area (Å²) in [5.41, 5.74) is 7.50. The van der Waals surface area contributed by atoms with E-state index in [4.69, 9.17) is 5.73 Å². The standard InChI is InChI=1S/C18H21FN2O.ClH/c1-13(20)7-12-17(22)21-18(14-5-3-2-4-6-14)15-8-10-16(19)11-9-15;/h2-6,8-11,13,18H,7,12,20H2,1H3,(H,21,22);1H. The van der Waals surface area contributed by atoms with Gasteiger partial charge >= 0.3 is 0 Å². The minimum Gasteiger partial charge on any atom is -0.345 e. The van der Waals surface area contributed by atoms with Gasteiger partial charge in [0.1, 0.15) is 5.82 Å². The van der Waals surface area contributed by atoms with Crippen LogP contribution in [0.3, 0.4) is 0 Å². The third-order valence-electron chi connectivity index (χ3n) is 3.47. The largest absolute Gasteiger partial charge is 0.345 e. The molecule has 0 aliphatic carbocycles. The van der Waals surface area contributed by atoms with Gasteiger partial charge in [-0.05, 0) is 36.6 Å². The van der Waals surface area contributed by atoms with Crippen molar-refractivity contribution in [3.63, 3.8) is 0 Å². The van der Waals surface area contributed by atoms with Gasteiger partial charge in [-0.3, -0.25) is 4.79 Å². The summed E-state index contributed by atoms with van der Waals surface area (Å²) in [4.78, 5) is 12.1. The van der Waals surface area contributed by atoms with E-state index in [-0.39, 0.29) is 36.2 Å². The average molecular weight is 337 g/mol. The minimum atomic E-state index is -0.293. The number of nitrogens with one attached hydrogen (secondary N) is 1. The molecule has 2 unspecified atom stereocenters. The number of hydrogen-bond donors (Lipinski definition) is 2. The van der Waals surface area contributed by atoms with E-state index in [1.54, 1.807) is 12.1 Å². The van der Waals surface area contributed by atoms with Gasteiger partial charge in [0.25, 0.3) is 0 Å². The van der Waals surface area contributed by atoms with E-state index in [9.17, 15) is 9.18 Å². The van der Waals surface area contributed by atoms with Crippen molar-refractivity contribution in [3.05, 3.63) is 71.5 Å². The Hall–Kier alpha value is -1.91. The molecule has 3 nitrogen and oxygen atoms in total. The van der Waals surface area contributed by atoms with E-state index in [0.717, 1.165) is 11.1 Å². The lowest BCUT2D eigenvalue weighted by Gasteiger charge is -2.20. The molecule has 3 N–H and O–H groups in total. The lowest BCUT2D eigenvalue weighted by molar-refractivity contribution is -0.121. The second-order valence-electron chi connectivity index (χ2n) is 5.48. The maximum Gasteiger partial charge on any atom is 0.220 e. The summed E-state index contributed by atoms with van der Waals surface area (Å²) >= 11 is 0. The van der Waals surface area contributed by atoms with Crippen LogP contribution in [0.2, 0.25) is 0 Å². The Morgan fingerprint density at radius 1 is 1.09 bits per heavy atom. The number of hydrogen-bond acceptors (Lipinski definition) is 2. The fourth-order valence-electron chi connectivity index (χ4n) is 2.25. The van der Waals surface area contributed by atoms with E-state index >= 15 is 0 Å². The molecule has 0 fully saturated rings.